The third-order valence-corrected chi connectivity index (χ3v) is 2.45. The molecular formula is C11H12N2O4. The Morgan fingerprint density at radius 3 is 2.71 bits per heavy atom. The topological polar surface area (TPSA) is 91.2 Å². The molecule has 1 aromatic carbocycles. The number of ether oxygens (including phenoxy) is 1. The number of hydrogen-bond donors (Lipinski definition) is 3. The molecular weight excluding hydrogens is 224 g/mol. The SMILES string of the molecule is O=C(NO)[C@@H]1N=C(c2ccccc2)O[C@@H]1CO. The van der Waals surface area contributed by atoms with Crippen LogP contribution in [-0.4, -0.2) is 40.9 Å². The summed E-state index contributed by atoms with van der Waals surface area (Å²) >= 11 is 0. The van der Waals surface area contributed by atoms with Gasteiger partial charge in [-0.05, 0) is 12.1 Å². The van der Waals surface area contributed by atoms with Gasteiger partial charge < -0.3 is 9.84 Å². The molecule has 0 fully saturated rings. The van der Waals surface area contributed by atoms with Crippen LogP contribution >= 0.6 is 0 Å². The second kappa shape index (κ2) is 4.94. The summed E-state index contributed by atoms with van der Waals surface area (Å²) in [5.74, 6) is -0.409. The van der Waals surface area contributed by atoms with E-state index in [1.54, 1.807) is 12.1 Å². The van der Waals surface area contributed by atoms with Gasteiger partial charge in [0, 0.05) is 5.56 Å². The summed E-state index contributed by atoms with van der Waals surface area (Å²) < 4.78 is 5.36. The predicted molar refractivity (Wildman–Crippen MR) is 58.7 cm³/mol. The van der Waals surface area contributed by atoms with Crippen molar-refractivity contribution in [1.29, 1.82) is 0 Å². The van der Waals surface area contributed by atoms with Crippen LogP contribution in [0, 0.1) is 0 Å². The first kappa shape index (κ1) is 11.6. The first-order valence-electron chi connectivity index (χ1n) is 5.11. The minimum absolute atomic E-state index is 0.290. The molecule has 0 radical (unpaired) electrons. The molecule has 1 aromatic rings. The molecule has 0 aromatic heterocycles. The molecule has 1 aliphatic heterocycles. The van der Waals surface area contributed by atoms with E-state index in [1.807, 2.05) is 18.2 Å². The number of amides is 1. The van der Waals surface area contributed by atoms with Gasteiger partial charge in [-0.3, -0.25) is 10.0 Å². The number of carbonyl (C=O) groups excluding carboxylic acids is 1. The van der Waals surface area contributed by atoms with E-state index in [-0.39, 0.29) is 6.61 Å². The highest BCUT2D eigenvalue weighted by Gasteiger charge is 2.36. The Bertz CT molecular complexity index is 432. The molecule has 1 amide bonds. The van der Waals surface area contributed by atoms with Crippen LogP contribution < -0.4 is 5.48 Å². The number of hydroxylamine groups is 1. The van der Waals surface area contributed by atoms with Gasteiger partial charge >= 0.3 is 0 Å². The van der Waals surface area contributed by atoms with Crippen molar-refractivity contribution in [1.82, 2.24) is 5.48 Å². The van der Waals surface area contributed by atoms with E-state index in [0.717, 1.165) is 5.56 Å². The van der Waals surface area contributed by atoms with E-state index in [1.165, 1.54) is 5.48 Å². The van der Waals surface area contributed by atoms with Gasteiger partial charge in [0.15, 0.2) is 12.1 Å². The predicted octanol–water partition coefficient (Wildman–Crippen LogP) is -0.302. The minimum atomic E-state index is -0.930. The lowest BCUT2D eigenvalue weighted by atomic mass is 10.2. The second-order valence-electron chi connectivity index (χ2n) is 3.56. The quantitative estimate of drug-likeness (QED) is 0.496. The maximum atomic E-state index is 11.3. The van der Waals surface area contributed by atoms with Gasteiger partial charge in [0.2, 0.25) is 5.90 Å². The number of rotatable bonds is 3. The van der Waals surface area contributed by atoms with Crippen molar-refractivity contribution >= 4 is 11.8 Å². The molecule has 3 N–H and O–H groups in total. The smallest absolute Gasteiger partial charge is 0.272 e. The van der Waals surface area contributed by atoms with Crippen LogP contribution in [0.25, 0.3) is 0 Å². The van der Waals surface area contributed by atoms with E-state index < -0.39 is 18.1 Å². The minimum Gasteiger partial charge on any atom is -0.469 e. The van der Waals surface area contributed by atoms with Crippen molar-refractivity contribution < 1.29 is 19.8 Å². The Hall–Kier alpha value is -1.92. The fourth-order valence-electron chi connectivity index (χ4n) is 1.60. The maximum Gasteiger partial charge on any atom is 0.272 e. The summed E-state index contributed by atoms with van der Waals surface area (Å²) in [5, 5.41) is 17.6. The van der Waals surface area contributed by atoms with E-state index in [4.69, 9.17) is 15.1 Å². The average molecular weight is 236 g/mol. The standard InChI is InChI=1S/C11H12N2O4/c14-6-8-9(10(15)13-16)12-11(17-8)7-4-2-1-3-5-7/h1-5,8-9,14,16H,6H2,(H,13,15)/t8-,9-/m1/s1. The molecule has 0 bridgehead atoms. The van der Waals surface area contributed by atoms with Crippen LogP contribution in [0.2, 0.25) is 0 Å². The zero-order chi connectivity index (χ0) is 12.3. The first-order chi connectivity index (χ1) is 8.26. The lowest BCUT2D eigenvalue weighted by molar-refractivity contribution is -0.132. The van der Waals surface area contributed by atoms with Gasteiger partial charge in [0.25, 0.3) is 5.91 Å². The van der Waals surface area contributed by atoms with Crippen LogP contribution in [0.15, 0.2) is 35.3 Å². The van der Waals surface area contributed by atoms with Gasteiger partial charge in [-0.1, -0.05) is 18.2 Å². The number of benzene rings is 1. The highest BCUT2D eigenvalue weighted by atomic mass is 16.5. The van der Waals surface area contributed by atoms with Gasteiger partial charge in [-0.25, -0.2) is 10.5 Å². The molecule has 2 rings (SSSR count). The number of aliphatic hydroxyl groups is 1. The van der Waals surface area contributed by atoms with Crippen LogP contribution in [0.5, 0.6) is 0 Å². The average Bonchev–Trinajstić information content (AvgIpc) is 2.83. The fraction of sp³-hybridized carbons (Fsp3) is 0.273. The monoisotopic (exact) mass is 236 g/mol. The Morgan fingerprint density at radius 1 is 1.41 bits per heavy atom. The van der Waals surface area contributed by atoms with Crippen molar-refractivity contribution in [3.05, 3.63) is 35.9 Å². The van der Waals surface area contributed by atoms with Crippen molar-refractivity contribution in [2.45, 2.75) is 12.1 Å². The summed E-state index contributed by atoms with van der Waals surface area (Å²) in [4.78, 5) is 15.3. The zero-order valence-electron chi connectivity index (χ0n) is 8.91. The zero-order valence-corrected chi connectivity index (χ0v) is 8.91. The van der Waals surface area contributed by atoms with Crippen molar-refractivity contribution in [3.8, 4) is 0 Å². The van der Waals surface area contributed by atoms with E-state index in [2.05, 4.69) is 4.99 Å². The lowest BCUT2D eigenvalue weighted by Crippen LogP contribution is -2.39. The van der Waals surface area contributed by atoms with E-state index in [0.29, 0.717) is 5.90 Å². The van der Waals surface area contributed by atoms with Gasteiger partial charge in [-0.2, -0.15) is 0 Å². The summed E-state index contributed by atoms with van der Waals surface area (Å²) in [5.41, 5.74) is 2.23. The number of aliphatic hydroxyl groups excluding tert-OH is 1. The molecule has 17 heavy (non-hydrogen) atoms. The van der Waals surface area contributed by atoms with Crippen molar-refractivity contribution in [3.63, 3.8) is 0 Å². The number of hydrogen-bond acceptors (Lipinski definition) is 5. The van der Waals surface area contributed by atoms with Crippen LogP contribution in [0.3, 0.4) is 0 Å². The molecule has 0 unspecified atom stereocenters. The summed E-state index contributed by atoms with van der Waals surface area (Å²) in [6.45, 7) is -0.349. The largest absolute Gasteiger partial charge is 0.469 e. The van der Waals surface area contributed by atoms with Gasteiger partial charge in [0.05, 0.1) is 6.61 Å². The number of nitrogens with zero attached hydrogens (tertiary/aromatic N) is 1. The molecule has 0 saturated carbocycles. The Balaban J connectivity index is 2.24. The first-order valence-corrected chi connectivity index (χ1v) is 5.11. The molecule has 0 aliphatic carbocycles. The molecule has 1 heterocycles. The Kier molecular flexibility index (Phi) is 3.36. The Morgan fingerprint density at radius 2 is 2.12 bits per heavy atom. The van der Waals surface area contributed by atoms with E-state index in [9.17, 15) is 4.79 Å². The van der Waals surface area contributed by atoms with Crippen LogP contribution in [0.4, 0.5) is 0 Å². The summed E-state index contributed by atoms with van der Waals surface area (Å²) in [7, 11) is 0. The van der Waals surface area contributed by atoms with Crippen LogP contribution in [-0.2, 0) is 9.53 Å². The number of aliphatic imine (C=N–C) groups is 1. The molecule has 90 valence electrons. The summed E-state index contributed by atoms with van der Waals surface area (Å²) in [6.07, 6.45) is -0.766. The van der Waals surface area contributed by atoms with Crippen molar-refractivity contribution in [2.24, 2.45) is 4.99 Å². The molecule has 2 atom stereocenters. The number of carbonyl (C=O) groups is 1. The maximum absolute atomic E-state index is 11.3. The highest BCUT2D eigenvalue weighted by molar-refractivity contribution is 5.98. The molecule has 6 nitrogen and oxygen atoms in total. The fourth-order valence-corrected chi connectivity index (χ4v) is 1.60. The normalized spacial score (nSPS) is 22.8. The molecule has 0 spiro atoms. The van der Waals surface area contributed by atoms with Crippen molar-refractivity contribution in [2.75, 3.05) is 6.61 Å². The lowest BCUT2D eigenvalue weighted by Gasteiger charge is -2.12. The molecule has 6 heteroatoms. The summed E-state index contributed by atoms with van der Waals surface area (Å²) in [6, 6.07) is 8.11. The van der Waals surface area contributed by atoms with Gasteiger partial charge in [-0.15, -0.1) is 0 Å². The second-order valence-corrected chi connectivity index (χ2v) is 3.56. The van der Waals surface area contributed by atoms with E-state index >= 15 is 0 Å². The highest BCUT2D eigenvalue weighted by Crippen LogP contribution is 2.18. The van der Waals surface area contributed by atoms with Crippen LogP contribution in [0.1, 0.15) is 5.56 Å². The third kappa shape index (κ3) is 2.27. The van der Waals surface area contributed by atoms with Gasteiger partial charge in [0.1, 0.15) is 0 Å². The number of nitrogens with one attached hydrogen (secondary N) is 1. The Labute approximate surface area is 97.5 Å². The molecule has 0 saturated heterocycles. The molecule has 1 aliphatic rings. The third-order valence-electron chi connectivity index (χ3n) is 2.45.